The molecule has 0 aromatic heterocycles. The minimum atomic E-state index is -3.72. The minimum Gasteiger partial charge on any atom is -0.366 e. The number of carbonyl (C=O) groups is 1. The molecule has 0 aliphatic carbocycles. The molecule has 0 radical (unpaired) electrons. The molecular formula is C16H20N2O5S. The summed E-state index contributed by atoms with van der Waals surface area (Å²) in [5.41, 5.74) is 1.20. The number of hydrogen-bond donors (Lipinski definition) is 2. The van der Waals surface area contributed by atoms with E-state index in [-0.39, 0.29) is 11.4 Å². The summed E-state index contributed by atoms with van der Waals surface area (Å²) in [5.74, 6) is -0.836. The molecule has 1 unspecified atom stereocenters. The summed E-state index contributed by atoms with van der Waals surface area (Å²) in [4.78, 5) is 16.2. The molecule has 0 saturated carbocycles. The summed E-state index contributed by atoms with van der Waals surface area (Å²) < 4.78 is 26.9. The van der Waals surface area contributed by atoms with E-state index in [0.29, 0.717) is 17.7 Å². The first kappa shape index (κ1) is 18.0. The zero-order valence-corrected chi connectivity index (χ0v) is 14.3. The van der Waals surface area contributed by atoms with Crippen LogP contribution in [0.4, 0.5) is 0 Å². The highest BCUT2D eigenvalue weighted by Crippen LogP contribution is 2.22. The van der Waals surface area contributed by atoms with Gasteiger partial charge in [-0.2, -0.15) is 5.06 Å². The van der Waals surface area contributed by atoms with Crippen LogP contribution in [-0.2, 0) is 25.4 Å². The third-order valence-electron chi connectivity index (χ3n) is 3.30. The Kier molecular flexibility index (Phi) is 5.63. The van der Waals surface area contributed by atoms with Crippen molar-refractivity contribution in [3.63, 3.8) is 0 Å². The summed E-state index contributed by atoms with van der Waals surface area (Å²) in [6, 6.07) is 8.69. The molecule has 0 bridgehead atoms. The molecule has 0 saturated heterocycles. The zero-order chi connectivity index (χ0) is 17.7. The Morgan fingerprint density at radius 2 is 1.96 bits per heavy atom. The van der Waals surface area contributed by atoms with Crippen molar-refractivity contribution >= 4 is 16.0 Å². The monoisotopic (exact) mass is 352 g/mol. The third kappa shape index (κ3) is 4.59. The summed E-state index contributed by atoms with van der Waals surface area (Å²) in [6.07, 6.45) is 2.15. The van der Waals surface area contributed by atoms with Gasteiger partial charge >= 0.3 is 5.97 Å². The maximum atomic E-state index is 12.3. The number of hydrogen-bond acceptors (Lipinski definition) is 6. The van der Waals surface area contributed by atoms with Crippen LogP contribution in [-0.4, -0.2) is 30.8 Å². The fraction of sp³-hybridized carbons (Fsp3) is 0.312. The lowest BCUT2D eigenvalue weighted by atomic mass is 10.2. The van der Waals surface area contributed by atoms with Crippen LogP contribution in [0.5, 0.6) is 0 Å². The van der Waals surface area contributed by atoms with Crippen LogP contribution >= 0.6 is 0 Å². The van der Waals surface area contributed by atoms with Gasteiger partial charge in [0.2, 0.25) is 16.3 Å². The first-order chi connectivity index (χ1) is 11.3. The first-order valence-electron chi connectivity index (χ1n) is 7.43. The van der Waals surface area contributed by atoms with E-state index >= 15 is 0 Å². The summed E-state index contributed by atoms with van der Waals surface area (Å²) in [7, 11) is -3.72. The highest BCUT2D eigenvalue weighted by Gasteiger charge is 2.29. The average Bonchev–Trinajstić information content (AvgIpc) is 2.51. The predicted molar refractivity (Wildman–Crippen MR) is 88.3 cm³/mol. The van der Waals surface area contributed by atoms with Gasteiger partial charge < -0.3 is 9.94 Å². The standard InChI is InChI=1S/C16H20N2O5S/c1-3-14-9-10-15(16(20)18(14)23-12(2)19)17-24(21,22)11-13-7-5-4-6-8-13/h4-10,16-17,20H,3,11H2,1-2H3. The van der Waals surface area contributed by atoms with Crippen LogP contribution in [0.2, 0.25) is 0 Å². The van der Waals surface area contributed by atoms with E-state index in [9.17, 15) is 18.3 Å². The van der Waals surface area contributed by atoms with Crippen molar-refractivity contribution < 1.29 is 23.2 Å². The molecule has 1 heterocycles. The van der Waals surface area contributed by atoms with Crippen LogP contribution in [0.25, 0.3) is 0 Å². The molecule has 8 heteroatoms. The highest BCUT2D eigenvalue weighted by atomic mass is 32.2. The lowest BCUT2D eigenvalue weighted by Crippen LogP contribution is -2.44. The Morgan fingerprint density at radius 3 is 2.54 bits per heavy atom. The Labute approximate surface area is 141 Å². The first-order valence-corrected chi connectivity index (χ1v) is 9.08. The van der Waals surface area contributed by atoms with Gasteiger partial charge in [0.05, 0.1) is 17.1 Å². The minimum absolute atomic E-state index is 0.0179. The average molecular weight is 352 g/mol. The number of benzene rings is 1. The van der Waals surface area contributed by atoms with Gasteiger partial charge in [0.15, 0.2) is 0 Å². The molecule has 1 aromatic carbocycles. The second-order valence-corrected chi connectivity index (χ2v) is 6.98. The zero-order valence-electron chi connectivity index (χ0n) is 13.5. The largest absolute Gasteiger partial charge is 0.366 e. The Balaban J connectivity index is 2.17. The summed E-state index contributed by atoms with van der Waals surface area (Å²) >= 11 is 0. The van der Waals surface area contributed by atoms with Crippen molar-refractivity contribution in [2.75, 3.05) is 0 Å². The number of rotatable bonds is 6. The Hall–Kier alpha value is -2.32. The lowest BCUT2D eigenvalue weighted by molar-refractivity contribution is -0.210. The molecule has 7 nitrogen and oxygen atoms in total. The van der Waals surface area contributed by atoms with Crippen LogP contribution < -0.4 is 4.72 Å². The van der Waals surface area contributed by atoms with Gasteiger partial charge in [-0.3, -0.25) is 9.52 Å². The second kappa shape index (κ2) is 7.50. The van der Waals surface area contributed by atoms with Gasteiger partial charge in [-0.25, -0.2) is 8.42 Å². The number of nitrogens with one attached hydrogen (secondary N) is 1. The van der Waals surface area contributed by atoms with Gasteiger partial charge in [-0.1, -0.05) is 37.3 Å². The van der Waals surface area contributed by atoms with Gasteiger partial charge in [0, 0.05) is 6.92 Å². The molecule has 0 fully saturated rings. The van der Waals surface area contributed by atoms with Crippen molar-refractivity contribution in [1.82, 2.24) is 9.79 Å². The molecule has 1 aliphatic rings. The highest BCUT2D eigenvalue weighted by molar-refractivity contribution is 7.88. The van der Waals surface area contributed by atoms with Crippen LogP contribution in [0.15, 0.2) is 53.9 Å². The van der Waals surface area contributed by atoms with Gasteiger partial charge in [-0.05, 0) is 24.1 Å². The van der Waals surface area contributed by atoms with E-state index in [0.717, 1.165) is 5.06 Å². The van der Waals surface area contributed by atoms with Crippen molar-refractivity contribution in [1.29, 1.82) is 0 Å². The SMILES string of the molecule is CCC1=CC=C(NS(=O)(=O)Cc2ccccc2)C(O)N1OC(C)=O. The van der Waals surface area contributed by atoms with Crippen molar-refractivity contribution in [2.24, 2.45) is 0 Å². The number of nitrogens with zero attached hydrogens (tertiary/aromatic N) is 1. The molecule has 2 rings (SSSR count). The van der Waals surface area contributed by atoms with Gasteiger partial charge in [-0.15, -0.1) is 0 Å². The number of carbonyl (C=O) groups excluding carboxylic acids is 1. The topological polar surface area (TPSA) is 95.9 Å². The Bertz CT molecular complexity index is 756. The van der Waals surface area contributed by atoms with Crippen molar-refractivity contribution in [2.45, 2.75) is 32.2 Å². The molecular weight excluding hydrogens is 332 g/mol. The maximum absolute atomic E-state index is 12.3. The number of sulfonamides is 1. The fourth-order valence-electron chi connectivity index (χ4n) is 2.25. The van der Waals surface area contributed by atoms with E-state index in [2.05, 4.69) is 4.72 Å². The molecule has 24 heavy (non-hydrogen) atoms. The molecule has 0 amide bonds. The summed E-state index contributed by atoms with van der Waals surface area (Å²) in [6.45, 7) is 3.03. The number of aliphatic hydroxyl groups excluding tert-OH is 1. The van der Waals surface area contributed by atoms with E-state index in [1.165, 1.54) is 13.0 Å². The van der Waals surface area contributed by atoms with Crippen LogP contribution in [0.3, 0.4) is 0 Å². The maximum Gasteiger partial charge on any atom is 0.329 e. The molecule has 1 atom stereocenters. The van der Waals surface area contributed by atoms with E-state index in [4.69, 9.17) is 4.84 Å². The fourth-order valence-corrected chi connectivity index (χ4v) is 3.48. The van der Waals surface area contributed by atoms with Crippen LogP contribution in [0.1, 0.15) is 25.8 Å². The second-order valence-electron chi connectivity index (χ2n) is 5.26. The number of allylic oxidation sites excluding steroid dienone is 3. The smallest absolute Gasteiger partial charge is 0.329 e. The number of hydroxylamine groups is 2. The molecule has 0 spiro atoms. The van der Waals surface area contributed by atoms with E-state index < -0.39 is 22.2 Å². The molecule has 1 aliphatic heterocycles. The van der Waals surface area contributed by atoms with Crippen LogP contribution in [0, 0.1) is 0 Å². The van der Waals surface area contributed by atoms with Crippen molar-refractivity contribution in [3.8, 4) is 0 Å². The van der Waals surface area contributed by atoms with Crippen molar-refractivity contribution in [3.05, 3.63) is 59.4 Å². The van der Waals surface area contributed by atoms with Gasteiger partial charge in [0.1, 0.15) is 0 Å². The van der Waals surface area contributed by atoms with E-state index in [1.807, 2.05) is 6.92 Å². The summed E-state index contributed by atoms with van der Waals surface area (Å²) in [5, 5.41) is 11.3. The number of aliphatic hydroxyl groups is 1. The van der Waals surface area contributed by atoms with Gasteiger partial charge in [0.25, 0.3) is 0 Å². The lowest BCUT2D eigenvalue weighted by Gasteiger charge is -2.33. The van der Waals surface area contributed by atoms with E-state index in [1.54, 1.807) is 36.4 Å². The quantitative estimate of drug-likeness (QED) is 0.803. The Morgan fingerprint density at radius 1 is 1.29 bits per heavy atom. The molecule has 1 aromatic rings. The third-order valence-corrected chi connectivity index (χ3v) is 4.56. The molecule has 130 valence electrons. The predicted octanol–water partition coefficient (Wildman–Crippen LogP) is 1.40. The molecule has 2 N–H and O–H groups in total. The normalized spacial score (nSPS) is 17.8.